The molecule has 1 aromatic rings. The van der Waals surface area contributed by atoms with E-state index in [0.29, 0.717) is 31.4 Å². The maximum absolute atomic E-state index is 12.3. The summed E-state index contributed by atoms with van der Waals surface area (Å²) in [7, 11) is 0. The van der Waals surface area contributed by atoms with Gasteiger partial charge in [0.1, 0.15) is 11.6 Å². The van der Waals surface area contributed by atoms with Crippen molar-refractivity contribution in [1.29, 1.82) is 0 Å². The van der Waals surface area contributed by atoms with Gasteiger partial charge in [0.05, 0.1) is 17.6 Å². The average Bonchev–Trinajstić information content (AvgIpc) is 2.57. The fourth-order valence-electron chi connectivity index (χ4n) is 3.16. The van der Waals surface area contributed by atoms with Crippen molar-refractivity contribution in [1.82, 2.24) is 0 Å². The fourth-order valence-corrected chi connectivity index (χ4v) is 3.16. The molecule has 0 amide bonds. The molecular formula is C20H24O4. The number of esters is 1. The molecule has 0 bridgehead atoms. The van der Waals surface area contributed by atoms with Gasteiger partial charge in [0.15, 0.2) is 0 Å². The van der Waals surface area contributed by atoms with Gasteiger partial charge in [-0.15, -0.1) is 0 Å². The van der Waals surface area contributed by atoms with Gasteiger partial charge in [0.2, 0.25) is 0 Å². The Morgan fingerprint density at radius 2 is 1.92 bits per heavy atom. The largest absolute Gasteiger partial charge is 0.462 e. The van der Waals surface area contributed by atoms with Gasteiger partial charge in [-0.05, 0) is 50.8 Å². The highest BCUT2D eigenvalue weighted by atomic mass is 16.5. The van der Waals surface area contributed by atoms with E-state index in [1.807, 2.05) is 24.3 Å². The first kappa shape index (κ1) is 18.1. The zero-order valence-corrected chi connectivity index (χ0v) is 14.3. The van der Waals surface area contributed by atoms with Gasteiger partial charge >= 0.3 is 5.97 Å². The van der Waals surface area contributed by atoms with Crippen molar-refractivity contribution < 1.29 is 19.1 Å². The summed E-state index contributed by atoms with van der Waals surface area (Å²) < 4.78 is 4.95. The molecule has 128 valence electrons. The normalized spacial score (nSPS) is 21.0. The van der Waals surface area contributed by atoms with E-state index in [1.54, 1.807) is 19.1 Å². The lowest BCUT2D eigenvalue weighted by Crippen LogP contribution is -2.40. The van der Waals surface area contributed by atoms with Crippen molar-refractivity contribution >= 4 is 23.6 Å². The van der Waals surface area contributed by atoms with Crippen molar-refractivity contribution in [3.05, 3.63) is 41.5 Å². The second kappa shape index (κ2) is 8.04. The van der Waals surface area contributed by atoms with Gasteiger partial charge in [-0.1, -0.05) is 30.7 Å². The quantitative estimate of drug-likeness (QED) is 0.585. The lowest BCUT2D eigenvalue weighted by molar-refractivity contribution is -0.141. The Morgan fingerprint density at radius 3 is 2.50 bits per heavy atom. The fraction of sp³-hybridized carbons (Fsp3) is 0.450. The van der Waals surface area contributed by atoms with Crippen LogP contribution in [-0.2, 0) is 14.3 Å². The molecule has 0 spiro atoms. The van der Waals surface area contributed by atoms with Crippen LogP contribution in [0.15, 0.2) is 30.3 Å². The Morgan fingerprint density at radius 1 is 1.21 bits per heavy atom. The van der Waals surface area contributed by atoms with Gasteiger partial charge in [-0.25, -0.2) is 4.79 Å². The van der Waals surface area contributed by atoms with Crippen LogP contribution in [0.1, 0.15) is 61.9 Å². The summed E-state index contributed by atoms with van der Waals surface area (Å²) in [6, 6.07) is 7.08. The molecule has 0 saturated heterocycles. The number of carbonyl (C=O) groups excluding carboxylic acids is 3. The van der Waals surface area contributed by atoms with Crippen molar-refractivity contribution in [3.8, 4) is 0 Å². The van der Waals surface area contributed by atoms with Gasteiger partial charge in [0.25, 0.3) is 0 Å². The molecule has 0 heterocycles. The van der Waals surface area contributed by atoms with Gasteiger partial charge in [0, 0.05) is 6.42 Å². The summed E-state index contributed by atoms with van der Waals surface area (Å²) in [4.78, 5) is 35.9. The number of benzene rings is 1. The molecule has 1 atom stereocenters. The zero-order valence-electron chi connectivity index (χ0n) is 14.3. The topological polar surface area (TPSA) is 60.4 Å². The maximum atomic E-state index is 12.3. The summed E-state index contributed by atoms with van der Waals surface area (Å²) in [5.74, 6) is -0.297. The minimum Gasteiger partial charge on any atom is -0.462 e. The Hall–Kier alpha value is -2.23. The summed E-state index contributed by atoms with van der Waals surface area (Å²) in [5, 5.41) is 0. The SMILES string of the molecule is CCOC(=O)c1ccc(/C=C/CC2(C(C)=O)CCCCC2=O)cc1. The predicted molar refractivity (Wildman–Crippen MR) is 92.6 cm³/mol. The van der Waals surface area contributed by atoms with E-state index in [4.69, 9.17) is 4.74 Å². The Balaban J connectivity index is 2.06. The molecule has 2 rings (SSSR count). The number of ether oxygens (including phenoxy) is 1. The van der Waals surface area contributed by atoms with E-state index >= 15 is 0 Å². The first-order valence-electron chi connectivity index (χ1n) is 8.47. The Bertz CT molecular complexity index is 642. The molecule has 1 fully saturated rings. The van der Waals surface area contributed by atoms with Crippen LogP contribution in [0.25, 0.3) is 6.08 Å². The molecule has 0 radical (unpaired) electrons. The van der Waals surface area contributed by atoms with E-state index < -0.39 is 5.41 Å². The number of carbonyl (C=O) groups is 3. The highest BCUT2D eigenvalue weighted by molar-refractivity contribution is 6.06. The minimum atomic E-state index is -0.834. The van der Waals surface area contributed by atoms with Gasteiger partial charge in [-0.3, -0.25) is 9.59 Å². The smallest absolute Gasteiger partial charge is 0.338 e. The first-order valence-corrected chi connectivity index (χ1v) is 8.47. The average molecular weight is 328 g/mol. The lowest BCUT2D eigenvalue weighted by atomic mass is 9.68. The van der Waals surface area contributed by atoms with Crippen LogP contribution < -0.4 is 0 Å². The van der Waals surface area contributed by atoms with E-state index in [0.717, 1.165) is 18.4 Å². The molecule has 0 aromatic heterocycles. The molecule has 0 N–H and O–H groups in total. The van der Waals surface area contributed by atoms with Crippen LogP contribution >= 0.6 is 0 Å². The number of allylic oxidation sites excluding steroid dienone is 1. The van der Waals surface area contributed by atoms with E-state index in [-0.39, 0.29) is 17.5 Å². The standard InChI is InChI=1S/C20H24O4/c1-3-24-19(23)17-11-9-16(10-12-17)7-6-14-20(15(2)21)13-5-4-8-18(20)22/h6-7,9-12H,3-5,8,13-14H2,1-2H3/b7-6+. The van der Waals surface area contributed by atoms with Gasteiger partial charge in [-0.2, -0.15) is 0 Å². The minimum absolute atomic E-state index is 0.0329. The van der Waals surface area contributed by atoms with Crippen molar-refractivity contribution in [3.63, 3.8) is 0 Å². The molecular weight excluding hydrogens is 304 g/mol. The summed E-state index contributed by atoms with van der Waals surface area (Å²) >= 11 is 0. The molecule has 1 aromatic carbocycles. The number of Topliss-reactive ketones (excluding diaryl/α,β-unsaturated/α-hetero) is 2. The Labute approximate surface area is 142 Å². The third kappa shape index (κ3) is 3.99. The van der Waals surface area contributed by atoms with Crippen LogP contribution in [0.5, 0.6) is 0 Å². The summed E-state index contributed by atoms with van der Waals surface area (Å²) in [6.07, 6.45) is 7.18. The van der Waals surface area contributed by atoms with Crippen molar-refractivity contribution in [2.24, 2.45) is 5.41 Å². The molecule has 1 aliphatic carbocycles. The summed E-state index contributed by atoms with van der Waals surface area (Å²) in [5.41, 5.74) is 0.598. The lowest BCUT2D eigenvalue weighted by Gasteiger charge is -2.32. The number of rotatable bonds is 6. The molecule has 24 heavy (non-hydrogen) atoms. The molecule has 4 heteroatoms. The zero-order chi connectivity index (χ0) is 17.6. The second-order valence-corrected chi connectivity index (χ2v) is 6.22. The summed E-state index contributed by atoms with van der Waals surface area (Å²) in [6.45, 7) is 3.64. The molecule has 1 saturated carbocycles. The maximum Gasteiger partial charge on any atom is 0.338 e. The van der Waals surface area contributed by atoms with Crippen LogP contribution in [0.2, 0.25) is 0 Å². The van der Waals surface area contributed by atoms with Crippen molar-refractivity contribution in [2.75, 3.05) is 6.61 Å². The van der Waals surface area contributed by atoms with E-state index in [1.165, 1.54) is 6.92 Å². The highest BCUT2D eigenvalue weighted by Crippen LogP contribution is 2.37. The predicted octanol–water partition coefficient (Wildman–Crippen LogP) is 3.99. The molecule has 1 aliphatic rings. The van der Waals surface area contributed by atoms with E-state index in [9.17, 15) is 14.4 Å². The van der Waals surface area contributed by atoms with E-state index in [2.05, 4.69) is 0 Å². The number of ketones is 2. The highest BCUT2D eigenvalue weighted by Gasteiger charge is 2.42. The molecule has 1 unspecified atom stereocenters. The van der Waals surface area contributed by atoms with Crippen LogP contribution in [0, 0.1) is 5.41 Å². The Kier molecular flexibility index (Phi) is 6.07. The third-order valence-corrected chi connectivity index (χ3v) is 4.66. The van der Waals surface area contributed by atoms with Crippen molar-refractivity contribution in [2.45, 2.75) is 46.0 Å². The second-order valence-electron chi connectivity index (χ2n) is 6.22. The first-order chi connectivity index (χ1) is 11.5. The van der Waals surface area contributed by atoms with Crippen LogP contribution in [-0.4, -0.2) is 24.1 Å². The molecule has 4 nitrogen and oxygen atoms in total. The van der Waals surface area contributed by atoms with Gasteiger partial charge < -0.3 is 4.74 Å². The molecule has 0 aliphatic heterocycles. The number of hydrogen-bond acceptors (Lipinski definition) is 4. The van der Waals surface area contributed by atoms with Crippen LogP contribution in [0.3, 0.4) is 0 Å². The monoisotopic (exact) mass is 328 g/mol. The third-order valence-electron chi connectivity index (χ3n) is 4.66. The van der Waals surface area contributed by atoms with Crippen LogP contribution in [0.4, 0.5) is 0 Å². The number of hydrogen-bond donors (Lipinski definition) is 0.